The second-order valence-electron chi connectivity index (χ2n) is 9.68. The second kappa shape index (κ2) is 13.9. The van der Waals surface area contributed by atoms with Crippen LogP contribution in [0.1, 0.15) is 79.9 Å². The molecule has 2 aromatic carbocycles. The highest BCUT2D eigenvalue weighted by Crippen LogP contribution is 2.35. The van der Waals surface area contributed by atoms with Gasteiger partial charge in [0.2, 0.25) is 0 Å². The number of primary amides is 1. The molecule has 0 radical (unpaired) electrons. The van der Waals surface area contributed by atoms with Crippen LogP contribution in [-0.2, 0) is 33.6 Å². The van der Waals surface area contributed by atoms with Crippen molar-refractivity contribution in [2.45, 2.75) is 78.2 Å². The monoisotopic (exact) mass is 508 g/mol. The molecule has 0 unspecified atom stereocenters. The Bertz CT molecular complexity index is 1060. The van der Waals surface area contributed by atoms with Gasteiger partial charge in [0.1, 0.15) is 11.5 Å². The molecule has 1 aliphatic heterocycles. The van der Waals surface area contributed by atoms with Gasteiger partial charge in [-0.3, -0.25) is 19.3 Å². The zero-order valence-electron chi connectivity index (χ0n) is 22.4. The molecule has 1 heterocycles. The smallest absolute Gasteiger partial charge is 0.311 e. The van der Waals surface area contributed by atoms with Gasteiger partial charge in [0.05, 0.1) is 6.42 Å². The van der Waals surface area contributed by atoms with Gasteiger partial charge in [-0.2, -0.15) is 0 Å². The summed E-state index contributed by atoms with van der Waals surface area (Å²) < 4.78 is 12.0. The maximum absolute atomic E-state index is 12.9. The molecule has 2 N–H and O–H groups in total. The van der Waals surface area contributed by atoms with E-state index in [2.05, 4.69) is 18.7 Å². The first-order valence-corrected chi connectivity index (χ1v) is 13.5. The average Bonchev–Trinajstić information content (AvgIpc) is 3.39. The number of para-hydroxylation sites is 1. The minimum atomic E-state index is -0.977. The van der Waals surface area contributed by atoms with Gasteiger partial charge in [-0.05, 0) is 68.1 Å². The van der Waals surface area contributed by atoms with Gasteiger partial charge in [0.25, 0.3) is 5.91 Å². The van der Waals surface area contributed by atoms with Gasteiger partial charge >= 0.3 is 5.97 Å². The summed E-state index contributed by atoms with van der Waals surface area (Å²) in [7, 11) is 0. The lowest BCUT2D eigenvalue weighted by atomic mass is 9.95. The van der Waals surface area contributed by atoms with E-state index in [9.17, 15) is 14.4 Å². The molecule has 7 nitrogen and oxygen atoms in total. The number of likely N-dealkylation sites (tertiary alicyclic amines) is 1. The number of aryl methyl sites for hydroxylation is 2. The molecule has 3 rings (SSSR count). The average molecular weight is 509 g/mol. The molecule has 0 saturated carbocycles. The van der Waals surface area contributed by atoms with Crippen LogP contribution in [0, 0.1) is 0 Å². The van der Waals surface area contributed by atoms with E-state index in [1.807, 2.05) is 43.3 Å². The third kappa shape index (κ3) is 7.89. The van der Waals surface area contributed by atoms with E-state index in [0.29, 0.717) is 29.8 Å². The number of ketones is 1. The number of hydrogen-bond acceptors (Lipinski definition) is 6. The van der Waals surface area contributed by atoms with Crippen LogP contribution in [0.4, 0.5) is 0 Å². The Morgan fingerprint density at radius 2 is 1.57 bits per heavy atom. The molecule has 1 atom stereocenters. The molecular formula is C30H40N2O5. The number of benzene rings is 2. The Morgan fingerprint density at radius 1 is 0.946 bits per heavy atom. The van der Waals surface area contributed by atoms with Gasteiger partial charge in [-0.1, -0.05) is 51.8 Å². The quantitative estimate of drug-likeness (QED) is 0.284. The van der Waals surface area contributed by atoms with Crippen molar-refractivity contribution in [2.75, 3.05) is 19.6 Å². The van der Waals surface area contributed by atoms with Gasteiger partial charge in [0, 0.05) is 24.1 Å². The van der Waals surface area contributed by atoms with E-state index in [1.165, 1.54) is 0 Å². The Hall–Kier alpha value is -3.19. The Morgan fingerprint density at radius 3 is 2.14 bits per heavy atom. The molecule has 1 fully saturated rings. The first kappa shape index (κ1) is 28.4. The summed E-state index contributed by atoms with van der Waals surface area (Å²) in [6.45, 7) is 8.14. The molecule has 2 aromatic rings. The number of nitrogens with two attached hydrogens (primary N) is 1. The van der Waals surface area contributed by atoms with E-state index in [0.717, 1.165) is 68.5 Å². The third-order valence-electron chi connectivity index (χ3n) is 6.66. The Balaban J connectivity index is 1.84. The van der Waals surface area contributed by atoms with Crippen LogP contribution in [0.5, 0.6) is 11.5 Å². The molecule has 1 amide bonds. The number of esters is 1. The van der Waals surface area contributed by atoms with Crippen molar-refractivity contribution in [2.24, 2.45) is 5.73 Å². The predicted octanol–water partition coefficient (Wildman–Crippen LogP) is 5.01. The first-order chi connectivity index (χ1) is 17.9. The Kier molecular flexibility index (Phi) is 10.7. The van der Waals surface area contributed by atoms with Crippen molar-refractivity contribution in [3.05, 3.63) is 58.7 Å². The molecule has 1 saturated heterocycles. The molecule has 0 bridgehead atoms. The number of hydrogen-bond donors (Lipinski definition) is 1. The van der Waals surface area contributed by atoms with E-state index in [-0.39, 0.29) is 12.2 Å². The van der Waals surface area contributed by atoms with Crippen LogP contribution in [-0.4, -0.2) is 48.3 Å². The van der Waals surface area contributed by atoms with Gasteiger partial charge in [-0.25, -0.2) is 0 Å². The molecule has 0 spiro atoms. The molecular weight excluding hydrogens is 468 g/mol. The molecule has 0 aromatic heterocycles. The van der Waals surface area contributed by atoms with Crippen LogP contribution >= 0.6 is 0 Å². The van der Waals surface area contributed by atoms with Crippen molar-refractivity contribution < 1.29 is 23.9 Å². The van der Waals surface area contributed by atoms with Gasteiger partial charge < -0.3 is 15.2 Å². The maximum Gasteiger partial charge on any atom is 0.311 e. The number of amides is 1. The van der Waals surface area contributed by atoms with E-state index >= 15 is 0 Å². The lowest BCUT2D eigenvalue weighted by Crippen LogP contribution is -2.42. The summed E-state index contributed by atoms with van der Waals surface area (Å²) in [5.74, 6) is 0.257. The zero-order valence-corrected chi connectivity index (χ0v) is 22.4. The SMILES string of the molecule is CCCc1cc(C(=O)CC)cc(CCC)c1Oc1ccccc1CC(=O)O[C@H](CN1CCCC1)C(N)=O. The summed E-state index contributed by atoms with van der Waals surface area (Å²) in [6, 6.07) is 11.2. The summed E-state index contributed by atoms with van der Waals surface area (Å²) in [6.07, 6.45) is 4.93. The summed E-state index contributed by atoms with van der Waals surface area (Å²) in [5, 5.41) is 0. The van der Waals surface area contributed by atoms with E-state index in [1.54, 1.807) is 0 Å². The standard InChI is InChI=1S/C30H40N2O5/c1-4-11-22-17-24(25(33)6-3)18-23(12-5-2)29(22)37-26-14-8-7-13-21(26)19-28(34)36-27(30(31)35)20-32-15-9-10-16-32/h7-8,13-14,17-18,27H,4-6,9-12,15-16,19-20H2,1-3H3,(H2,31,35)/t27-/m1/s1. The van der Waals surface area contributed by atoms with Gasteiger partial charge in [-0.15, -0.1) is 0 Å². The van der Waals surface area contributed by atoms with Crippen LogP contribution in [0.2, 0.25) is 0 Å². The highest BCUT2D eigenvalue weighted by molar-refractivity contribution is 5.96. The van der Waals surface area contributed by atoms with Crippen molar-refractivity contribution in [3.63, 3.8) is 0 Å². The number of carbonyl (C=O) groups excluding carboxylic acids is 3. The van der Waals surface area contributed by atoms with E-state index < -0.39 is 18.0 Å². The number of nitrogens with zero attached hydrogens (tertiary/aromatic N) is 1. The van der Waals surface area contributed by atoms with Crippen LogP contribution in [0.15, 0.2) is 36.4 Å². The lowest BCUT2D eigenvalue weighted by Gasteiger charge is -2.22. The molecule has 200 valence electrons. The van der Waals surface area contributed by atoms with Crippen LogP contribution < -0.4 is 10.5 Å². The van der Waals surface area contributed by atoms with Crippen LogP contribution in [0.25, 0.3) is 0 Å². The van der Waals surface area contributed by atoms with Crippen molar-refractivity contribution >= 4 is 17.7 Å². The topological polar surface area (TPSA) is 98.9 Å². The molecule has 0 aliphatic carbocycles. The van der Waals surface area contributed by atoms with E-state index in [4.69, 9.17) is 15.2 Å². The minimum Gasteiger partial charge on any atom is -0.456 e. The zero-order chi connectivity index (χ0) is 26.8. The summed E-state index contributed by atoms with van der Waals surface area (Å²) in [5.41, 5.74) is 8.89. The number of carbonyl (C=O) groups is 3. The minimum absolute atomic E-state index is 0.0431. The number of Topliss-reactive ketones (excluding diaryl/α,β-unsaturated/α-hetero) is 1. The molecule has 7 heteroatoms. The maximum atomic E-state index is 12.9. The number of ether oxygens (including phenoxy) is 2. The fourth-order valence-electron chi connectivity index (χ4n) is 4.76. The molecule has 1 aliphatic rings. The fraction of sp³-hybridized carbons (Fsp3) is 0.500. The van der Waals surface area contributed by atoms with Crippen LogP contribution in [0.3, 0.4) is 0 Å². The van der Waals surface area contributed by atoms with Crippen molar-refractivity contribution in [1.82, 2.24) is 4.90 Å². The summed E-state index contributed by atoms with van der Waals surface area (Å²) in [4.78, 5) is 39.4. The van der Waals surface area contributed by atoms with Crippen molar-refractivity contribution in [3.8, 4) is 11.5 Å². The fourth-order valence-corrected chi connectivity index (χ4v) is 4.76. The largest absolute Gasteiger partial charge is 0.456 e. The second-order valence-corrected chi connectivity index (χ2v) is 9.68. The Labute approximate surface area is 220 Å². The highest BCUT2D eigenvalue weighted by Gasteiger charge is 2.26. The normalized spacial score (nSPS) is 14.4. The first-order valence-electron chi connectivity index (χ1n) is 13.5. The molecule has 37 heavy (non-hydrogen) atoms. The predicted molar refractivity (Wildman–Crippen MR) is 144 cm³/mol. The number of rotatable bonds is 14. The van der Waals surface area contributed by atoms with Crippen molar-refractivity contribution in [1.29, 1.82) is 0 Å². The van der Waals surface area contributed by atoms with Gasteiger partial charge in [0.15, 0.2) is 11.9 Å². The third-order valence-corrected chi connectivity index (χ3v) is 6.66. The summed E-state index contributed by atoms with van der Waals surface area (Å²) >= 11 is 0. The lowest BCUT2D eigenvalue weighted by molar-refractivity contribution is -0.155. The highest BCUT2D eigenvalue weighted by atomic mass is 16.5.